The molecule has 1 heterocycles. The fourth-order valence-corrected chi connectivity index (χ4v) is 3.30. The fourth-order valence-electron chi connectivity index (χ4n) is 2.21. The molecule has 0 saturated carbocycles. The SMILES string of the molecule is Cc1ccc(S(=O)(=O)N/N=C/c2cn[nH]c2-c2ccc(Cl)c(Cl)c2)cc1. The number of benzene rings is 2. The van der Waals surface area contributed by atoms with Crippen LogP contribution in [0.2, 0.25) is 10.0 Å². The van der Waals surface area contributed by atoms with Gasteiger partial charge in [0.25, 0.3) is 10.0 Å². The summed E-state index contributed by atoms with van der Waals surface area (Å²) in [6.07, 6.45) is 2.90. The molecule has 2 aromatic carbocycles. The van der Waals surface area contributed by atoms with Gasteiger partial charge in [0.1, 0.15) is 0 Å². The Kier molecular flexibility index (Phi) is 5.31. The van der Waals surface area contributed by atoms with Gasteiger partial charge in [-0.3, -0.25) is 5.10 Å². The quantitative estimate of drug-likeness (QED) is 0.493. The molecular weight excluding hydrogens is 395 g/mol. The minimum absolute atomic E-state index is 0.136. The second-order valence-corrected chi connectivity index (χ2v) is 7.97. The molecule has 26 heavy (non-hydrogen) atoms. The molecule has 0 amide bonds. The predicted octanol–water partition coefficient (Wildman–Crippen LogP) is 4.00. The maximum Gasteiger partial charge on any atom is 0.276 e. The van der Waals surface area contributed by atoms with Gasteiger partial charge in [-0.25, -0.2) is 4.83 Å². The summed E-state index contributed by atoms with van der Waals surface area (Å²) in [4.78, 5) is 2.32. The van der Waals surface area contributed by atoms with E-state index in [-0.39, 0.29) is 4.90 Å². The molecule has 0 unspecified atom stereocenters. The highest BCUT2D eigenvalue weighted by molar-refractivity contribution is 7.89. The Hall–Kier alpha value is -2.35. The lowest BCUT2D eigenvalue weighted by Crippen LogP contribution is -2.18. The zero-order chi connectivity index (χ0) is 18.7. The molecule has 0 fully saturated rings. The second-order valence-electron chi connectivity index (χ2n) is 5.50. The zero-order valence-corrected chi connectivity index (χ0v) is 15.9. The number of nitrogens with zero attached hydrogens (tertiary/aromatic N) is 2. The minimum Gasteiger partial charge on any atom is -0.277 e. The Morgan fingerprint density at radius 1 is 1.12 bits per heavy atom. The molecule has 3 aromatic rings. The summed E-state index contributed by atoms with van der Waals surface area (Å²) in [5, 5.41) is 11.5. The number of hydrogen-bond donors (Lipinski definition) is 2. The van der Waals surface area contributed by atoms with Gasteiger partial charge in [-0.2, -0.15) is 18.6 Å². The van der Waals surface area contributed by atoms with Crippen LogP contribution in [0.3, 0.4) is 0 Å². The van der Waals surface area contributed by atoms with Gasteiger partial charge < -0.3 is 0 Å². The number of halogens is 2. The molecule has 9 heteroatoms. The van der Waals surface area contributed by atoms with Crippen LogP contribution in [0.15, 0.2) is 58.7 Å². The lowest BCUT2D eigenvalue weighted by Gasteiger charge is -2.04. The van der Waals surface area contributed by atoms with Crippen LogP contribution in [0, 0.1) is 6.92 Å². The van der Waals surface area contributed by atoms with Crippen molar-refractivity contribution in [1.82, 2.24) is 15.0 Å². The number of nitrogens with one attached hydrogen (secondary N) is 2. The molecule has 0 saturated heterocycles. The highest BCUT2D eigenvalue weighted by Crippen LogP contribution is 2.28. The van der Waals surface area contributed by atoms with Crippen molar-refractivity contribution in [2.24, 2.45) is 5.10 Å². The van der Waals surface area contributed by atoms with Gasteiger partial charge in [0.15, 0.2) is 0 Å². The van der Waals surface area contributed by atoms with Crippen molar-refractivity contribution in [2.75, 3.05) is 0 Å². The van der Waals surface area contributed by atoms with E-state index in [1.807, 2.05) is 6.92 Å². The lowest BCUT2D eigenvalue weighted by atomic mass is 10.1. The summed E-state index contributed by atoms with van der Waals surface area (Å²) >= 11 is 12.0. The summed E-state index contributed by atoms with van der Waals surface area (Å²) in [5.41, 5.74) is 2.95. The van der Waals surface area contributed by atoms with Crippen molar-refractivity contribution in [2.45, 2.75) is 11.8 Å². The molecule has 0 radical (unpaired) electrons. The van der Waals surface area contributed by atoms with Crippen LogP contribution in [0.1, 0.15) is 11.1 Å². The Labute approximate surface area is 160 Å². The molecule has 6 nitrogen and oxygen atoms in total. The van der Waals surface area contributed by atoms with E-state index in [1.165, 1.54) is 24.5 Å². The summed E-state index contributed by atoms with van der Waals surface area (Å²) < 4.78 is 24.5. The number of rotatable bonds is 5. The number of aromatic nitrogens is 2. The number of aromatic amines is 1. The topological polar surface area (TPSA) is 87.2 Å². The molecule has 0 atom stereocenters. The Morgan fingerprint density at radius 2 is 1.85 bits per heavy atom. The van der Waals surface area contributed by atoms with Crippen LogP contribution < -0.4 is 4.83 Å². The number of hydrogen-bond acceptors (Lipinski definition) is 4. The largest absolute Gasteiger partial charge is 0.277 e. The number of H-pyrrole nitrogens is 1. The molecule has 0 aliphatic rings. The van der Waals surface area contributed by atoms with Gasteiger partial charge in [-0.15, -0.1) is 0 Å². The van der Waals surface area contributed by atoms with Crippen molar-refractivity contribution < 1.29 is 8.42 Å². The number of aryl methyl sites for hydroxylation is 1. The van der Waals surface area contributed by atoms with Crippen molar-refractivity contribution in [3.63, 3.8) is 0 Å². The third-order valence-corrected chi connectivity index (χ3v) is 5.56. The highest BCUT2D eigenvalue weighted by atomic mass is 35.5. The molecule has 0 aliphatic carbocycles. The van der Waals surface area contributed by atoms with Gasteiger partial charge in [-0.05, 0) is 31.2 Å². The summed E-state index contributed by atoms with van der Waals surface area (Å²) in [7, 11) is -3.74. The Bertz CT molecular complexity index is 1060. The van der Waals surface area contributed by atoms with Crippen molar-refractivity contribution >= 4 is 39.4 Å². The molecule has 0 aliphatic heterocycles. The van der Waals surface area contributed by atoms with E-state index in [0.717, 1.165) is 11.1 Å². The molecule has 0 bridgehead atoms. The van der Waals surface area contributed by atoms with E-state index in [9.17, 15) is 8.42 Å². The molecule has 2 N–H and O–H groups in total. The first kappa shape index (κ1) is 18.4. The summed E-state index contributed by atoms with van der Waals surface area (Å²) in [5.74, 6) is 0. The first-order chi connectivity index (χ1) is 12.4. The maximum atomic E-state index is 12.2. The van der Waals surface area contributed by atoms with E-state index in [4.69, 9.17) is 23.2 Å². The standard InChI is InChI=1S/C17H14Cl2N4O2S/c1-11-2-5-14(6-3-11)26(24,25)23-21-10-13-9-20-22-17(13)12-4-7-15(18)16(19)8-12/h2-10,23H,1H3,(H,20,22)/b21-10+. The van der Waals surface area contributed by atoms with E-state index < -0.39 is 10.0 Å². The minimum atomic E-state index is -3.74. The van der Waals surface area contributed by atoms with Crippen LogP contribution >= 0.6 is 23.2 Å². The molecule has 0 spiro atoms. The van der Waals surface area contributed by atoms with E-state index in [0.29, 0.717) is 21.3 Å². The Morgan fingerprint density at radius 3 is 2.54 bits per heavy atom. The first-order valence-electron chi connectivity index (χ1n) is 7.47. The lowest BCUT2D eigenvalue weighted by molar-refractivity contribution is 0.584. The fraction of sp³-hybridized carbons (Fsp3) is 0.0588. The van der Waals surface area contributed by atoms with Crippen molar-refractivity contribution in [3.8, 4) is 11.3 Å². The van der Waals surface area contributed by atoms with Crippen molar-refractivity contribution in [3.05, 3.63) is 69.8 Å². The summed E-state index contributed by atoms with van der Waals surface area (Å²) in [6, 6.07) is 11.6. The predicted molar refractivity (Wildman–Crippen MR) is 103 cm³/mol. The van der Waals surface area contributed by atoms with Crippen LogP contribution in [-0.4, -0.2) is 24.8 Å². The van der Waals surface area contributed by atoms with Gasteiger partial charge >= 0.3 is 0 Å². The van der Waals surface area contributed by atoms with Crippen LogP contribution in [0.4, 0.5) is 0 Å². The van der Waals surface area contributed by atoms with Crippen LogP contribution in [0.25, 0.3) is 11.3 Å². The third-order valence-electron chi connectivity index (χ3n) is 3.58. The highest BCUT2D eigenvalue weighted by Gasteiger charge is 2.12. The van der Waals surface area contributed by atoms with E-state index in [2.05, 4.69) is 20.1 Å². The number of sulfonamides is 1. The molecular formula is C17H14Cl2N4O2S. The van der Waals surface area contributed by atoms with Gasteiger partial charge in [-0.1, -0.05) is 47.0 Å². The van der Waals surface area contributed by atoms with Crippen molar-refractivity contribution in [1.29, 1.82) is 0 Å². The first-order valence-corrected chi connectivity index (χ1v) is 9.71. The third kappa shape index (κ3) is 4.07. The smallest absolute Gasteiger partial charge is 0.276 e. The monoisotopic (exact) mass is 408 g/mol. The molecule has 1 aromatic heterocycles. The van der Waals surface area contributed by atoms with Crippen LogP contribution in [-0.2, 0) is 10.0 Å². The van der Waals surface area contributed by atoms with E-state index >= 15 is 0 Å². The normalized spacial score (nSPS) is 11.8. The maximum absolute atomic E-state index is 12.2. The summed E-state index contributed by atoms with van der Waals surface area (Å²) in [6.45, 7) is 1.88. The number of hydrazone groups is 1. The molecule has 134 valence electrons. The average molecular weight is 409 g/mol. The Balaban J connectivity index is 1.81. The van der Waals surface area contributed by atoms with E-state index in [1.54, 1.807) is 30.3 Å². The second kappa shape index (κ2) is 7.49. The zero-order valence-electron chi connectivity index (χ0n) is 13.6. The average Bonchev–Trinajstić information content (AvgIpc) is 3.06. The van der Waals surface area contributed by atoms with Gasteiger partial charge in [0, 0.05) is 11.1 Å². The van der Waals surface area contributed by atoms with Crippen LogP contribution in [0.5, 0.6) is 0 Å². The van der Waals surface area contributed by atoms with Gasteiger partial charge in [0.2, 0.25) is 0 Å². The molecule has 3 rings (SSSR count). The van der Waals surface area contributed by atoms with Gasteiger partial charge in [0.05, 0.1) is 33.0 Å².